The normalized spacial score (nSPS) is 9.00. The molecule has 0 spiro atoms. The Morgan fingerprint density at radius 3 is 2.27 bits per heavy atom. The van der Waals surface area contributed by atoms with Gasteiger partial charge in [-0.2, -0.15) is 0 Å². The van der Waals surface area contributed by atoms with Gasteiger partial charge in [-0.3, -0.25) is 0 Å². The third-order valence-electron chi connectivity index (χ3n) is 1.23. The lowest BCUT2D eigenvalue weighted by Gasteiger charge is -1.87. The largest absolute Gasteiger partial charge is 0.138 e. The van der Waals surface area contributed by atoms with Gasteiger partial charge in [0.2, 0.25) is 0 Å². The van der Waals surface area contributed by atoms with Crippen LogP contribution in [0.1, 0.15) is 5.56 Å². The zero-order chi connectivity index (χ0) is 8.10. The predicted molar refractivity (Wildman–Crippen MR) is 50.8 cm³/mol. The van der Waals surface area contributed by atoms with Crippen LogP contribution >= 0.6 is 0 Å². The molecule has 0 aliphatic rings. The van der Waals surface area contributed by atoms with Crippen LogP contribution < -0.4 is 0 Å². The molecule has 0 nitrogen and oxygen atoms in total. The second kappa shape index (κ2) is 4.00. The highest BCUT2D eigenvalue weighted by molar-refractivity contribution is 6.64. The Kier molecular flexibility index (Phi) is 2.94. The van der Waals surface area contributed by atoms with Gasteiger partial charge in [0.25, 0.3) is 0 Å². The number of hydrogen-bond acceptors (Lipinski definition) is 0. The van der Waals surface area contributed by atoms with E-state index in [9.17, 15) is 0 Å². The Labute approximate surface area is 69.9 Å². The molecule has 55 valence electrons. The van der Waals surface area contributed by atoms with Gasteiger partial charge in [-0.25, -0.2) is 0 Å². The molecule has 0 unspecified atom stereocenters. The Morgan fingerprint density at radius 1 is 1.09 bits per heavy atom. The molecular formula is C10H11Si. The van der Waals surface area contributed by atoms with Gasteiger partial charge in [-0.15, -0.1) is 5.54 Å². The molecule has 11 heavy (non-hydrogen) atoms. The lowest BCUT2D eigenvalue weighted by molar-refractivity contribution is 1.65. The van der Waals surface area contributed by atoms with Crippen molar-refractivity contribution in [3.05, 3.63) is 35.9 Å². The van der Waals surface area contributed by atoms with Crippen LogP contribution in [0.25, 0.3) is 0 Å². The summed E-state index contributed by atoms with van der Waals surface area (Å²) in [6.07, 6.45) is 0. The summed E-state index contributed by atoms with van der Waals surface area (Å²) in [6.45, 7) is 4.39. The zero-order valence-corrected chi connectivity index (χ0v) is 7.89. The minimum Gasteiger partial charge on any atom is -0.128 e. The molecule has 0 bridgehead atoms. The molecule has 0 fully saturated rings. The number of benzene rings is 1. The third-order valence-corrected chi connectivity index (χ3v) is 1.86. The molecule has 0 aromatic heterocycles. The smallest absolute Gasteiger partial charge is 0.128 e. The summed E-state index contributed by atoms with van der Waals surface area (Å²) in [5.41, 5.74) is 4.34. The molecule has 0 aliphatic carbocycles. The van der Waals surface area contributed by atoms with Crippen molar-refractivity contribution in [1.82, 2.24) is 0 Å². The Hall–Kier alpha value is -1.00. The molecule has 1 heteroatoms. The maximum atomic E-state index is 3.21. The van der Waals surface area contributed by atoms with Gasteiger partial charge in [0, 0.05) is 5.56 Å². The molecule has 0 saturated carbocycles. The topological polar surface area (TPSA) is 0 Å². The summed E-state index contributed by atoms with van der Waals surface area (Å²) in [4.78, 5) is 0. The van der Waals surface area contributed by atoms with Gasteiger partial charge in [0.05, 0.1) is 0 Å². The zero-order valence-electron chi connectivity index (χ0n) is 6.89. The molecule has 1 aromatic carbocycles. The fourth-order valence-electron chi connectivity index (χ4n) is 0.719. The van der Waals surface area contributed by atoms with E-state index in [0.29, 0.717) is 0 Å². The fourth-order valence-corrected chi connectivity index (χ4v) is 1.11. The van der Waals surface area contributed by atoms with Crippen molar-refractivity contribution in [3.63, 3.8) is 0 Å². The maximum Gasteiger partial charge on any atom is 0.138 e. The molecule has 0 saturated heterocycles. The monoisotopic (exact) mass is 159 g/mol. The predicted octanol–water partition coefficient (Wildman–Crippen LogP) is 2.33. The van der Waals surface area contributed by atoms with E-state index in [1.807, 2.05) is 30.3 Å². The molecule has 1 aromatic rings. The van der Waals surface area contributed by atoms with Crippen molar-refractivity contribution in [2.45, 2.75) is 13.1 Å². The van der Waals surface area contributed by atoms with Crippen LogP contribution in [-0.4, -0.2) is 8.80 Å². The molecule has 0 N–H and O–H groups in total. The van der Waals surface area contributed by atoms with Crippen LogP contribution in [0.5, 0.6) is 0 Å². The lowest BCUT2D eigenvalue weighted by Crippen LogP contribution is -1.93. The van der Waals surface area contributed by atoms with Crippen molar-refractivity contribution in [2.75, 3.05) is 0 Å². The first-order chi connectivity index (χ1) is 5.29. The van der Waals surface area contributed by atoms with Crippen molar-refractivity contribution in [1.29, 1.82) is 0 Å². The highest BCUT2D eigenvalue weighted by Gasteiger charge is 1.85. The van der Waals surface area contributed by atoms with Gasteiger partial charge >= 0.3 is 0 Å². The van der Waals surface area contributed by atoms with Gasteiger partial charge in [-0.05, 0) is 12.1 Å². The molecule has 0 heterocycles. The van der Waals surface area contributed by atoms with Crippen LogP contribution in [0.3, 0.4) is 0 Å². The van der Waals surface area contributed by atoms with Crippen LogP contribution in [0.15, 0.2) is 30.3 Å². The highest BCUT2D eigenvalue weighted by Crippen LogP contribution is 1.94. The summed E-state index contributed by atoms with van der Waals surface area (Å²) in [7, 11) is -0.393. The van der Waals surface area contributed by atoms with E-state index in [-0.39, 0.29) is 0 Å². The molecule has 0 amide bonds. The van der Waals surface area contributed by atoms with Gasteiger partial charge in [0.1, 0.15) is 8.80 Å². The summed E-state index contributed by atoms with van der Waals surface area (Å²) >= 11 is 0. The van der Waals surface area contributed by atoms with E-state index in [4.69, 9.17) is 0 Å². The van der Waals surface area contributed by atoms with E-state index in [1.165, 1.54) is 0 Å². The average molecular weight is 159 g/mol. The fraction of sp³-hybridized carbons (Fsp3) is 0.200. The van der Waals surface area contributed by atoms with E-state index >= 15 is 0 Å². The summed E-state index contributed by atoms with van der Waals surface area (Å²) < 4.78 is 0. The molecule has 1 radical (unpaired) electrons. The van der Waals surface area contributed by atoms with E-state index < -0.39 is 8.80 Å². The van der Waals surface area contributed by atoms with E-state index in [1.54, 1.807) is 0 Å². The second-order valence-corrected chi connectivity index (χ2v) is 4.87. The first-order valence-corrected chi connectivity index (χ1v) is 6.16. The number of hydrogen-bond donors (Lipinski definition) is 0. The van der Waals surface area contributed by atoms with Crippen molar-refractivity contribution in [3.8, 4) is 11.5 Å². The SMILES string of the molecule is C[Si](C)C#Cc1ccccc1. The van der Waals surface area contributed by atoms with Crippen molar-refractivity contribution >= 4 is 8.80 Å². The molecule has 0 aliphatic heterocycles. The lowest BCUT2D eigenvalue weighted by atomic mass is 10.2. The first kappa shape index (κ1) is 8.10. The van der Waals surface area contributed by atoms with E-state index in [2.05, 4.69) is 24.6 Å². The van der Waals surface area contributed by atoms with Crippen molar-refractivity contribution in [2.24, 2.45) is 0 Å². The van der Waals surface area contributed by atoms with Crippen LogP contribution in [-0.2, 0) is 0 Å². The maximum absolute atomic E-state index is 3.21. The molecular weight excluding hydrogens is 148 g/mol. The summed E-state index contributed by atoms with van der Waals surface area (Å²) in [6, 6.07) is 10.1. The molecule has 1 rings (SSSR count). The van der Waals surface area contributed by atoms with Gasteiger partial charge in [0.15, 0.2) is 0 Å². The molecule has 0 atom stereocenters. The minimum atomic E-state index is -0.393. The average Bonchev–Trinajstić information content (AvgIpc) is 2.03. The first-order valence-electron chi connectivity index (χ1n) is 3.66. The van der Waals surface area contributed by atoms with Gasteiger partial charge in [-0.1, -0.05) is 37.2 Å². The second-order valence-electron chi connectivity index (χ2n) is 2.62. The Balaban J connectivity index is 2.75. The highest BCUT2D eigenvalue weighted by atomic mass is 28.3. The van der Waals surface area contributed by atoms with Crippen LogP contribution in [0.4, 0.5) is 0 Å². The third kappa shape index (κ3) is 3.06. The Bertz CT molecular complexity index is 264. The minimum absolute atomic E-state index is 0.393. The quantitative estimate of drug-likeness (QED) is 0.402. The van der Waals surface area contributed by atoms with Crippen LogP contribution in [0.2, 0.25) is 13.1 Å². The standard InChI is InChI=1S/C10H11Si/c1-11(2)9-8-10-6-4-3-5-7-10/h3-7H,1-2H3. The van der Waals surface area contributed by atoms with Crippen LogP contribution in [0, 0.1) is 11.5 Å². The Morgan fingerprint density at radius 2 is 1.73 bits per heavy atom. The van der Waals surface area contributed by atoms with E-state index in [0.717, 1.165) is 5.56 Å². The number of rotatable bonds is 0. The van der Waals surface area contributed by atoms with Gasteiger partial charge < -0.3 is 0 Å². The summed E-state index contributed by atoms with van der Waals surface area (Å²) in [5, 5.41) is 0. The summed E-state index contributed by atoms with van der Waals surface area (Å²) in [5.74, 6) is 3.14. The van der Waals surface area contributed by atoms with Crippen molar-refractivity contribution < 1.29 is 0 Å².